The van der Waals surface area contributed by atoms with Crippen LogP contribution in [0.3, 0.4) is 0 Å². The van der Waals surface area contributed by atoms with Gasteiger partial charge in [0.1, 0.15) is 24.8 Å². The van der Waals surface area contributed by atoms with Crippen molar-refractivity contribution in [2.24, 2.45) is 23.5 Å². The zero-order valence-corrected chi connectivity index (χ0v) is 66.8. The van der Waals surface area contributed by atoms with Gasteiger partial charge in [-0.3, -0.25) is 52.3 Å². The summed E-state index contributed by atoms with van der Waals surface area (Å²) >= 11 is 3.09. The number of unbranched alkanes of at least 4 members (excludes halogenated alkanes) is 4. The van der Waals surface area contributed by atoms with Gasteiger partial charge in [-0.1, -0.05) is 54.4 Å². The van der Waals surface area contributed by atoms with Gasteiger partial charge in [0.15, 0.2) is 22.8 Å². The topological polar surface area (TPSA) is 398 Å². The molecule has 7 atom stereocenters. The van der Waals surface area contributed by atoms with Gasteiger partial charge >= 0.3 is 11.9 Å². The number of amides is 6. The first-order chi connectivity index (χ1) is 53.5. The minimum Gasteiger partial charge on any atom is -0.458 e. The number of hydrogen-bond donors (Lipinski definition) is 9. The molecule has 606 valence electrons. The standard InChI is InChI=1S/C40H50FN5O8S.C39H49FN6O8S.CH3F/c1-7-40(53)29-15-32-35-27(18-46(32)38(51)28(29)19-54-39(40)52)26(25-13-22(4)30(41)16-31(25)45-35)17-42-34(48)11-9-8-10-12-55-20-43-37(50)23(5)14-33(47)24(6)44-36(49)21(2)3;1-6-39(53)28-14-31-34-26(17-46(31)37(51)27(28)18-54-38(39)52)25(24-12-20(2)29(40)15-30(24)45-34)16-42-33(48)10-8-7-9-11-55-19-43-35(49)21(3)13-32(47)23(5)44-36(50)22(4)41;1-2/h13,15-16,21,23-24,53H,7-12,14,17-20H2,1-6H3,(H,42,48)(H,43,50)(H,44,49);12,14-15,21-23,53H,6-11,13,16-19,41H2,1-5H3,(H,42,48)(H,43,49)(H,44,50);1H3/t23-,24-,40+;21-,22+,23-,39+;/m11./s1/i;;1D. The summed E-state index contributed by atoms with van der Waals surface area (Å²) in [5.41, 5.74) is 7.46. The third-order valence-corrected chi connectivity index (χ3v) is 22.6. The Balaban J connectivity index is 0.000000274. The van der Waals surface area contributed by atoms with Crippen molar-refractivity contribution in [2.45, 2.75) is 222 Å². The van der Waals surface area contributed by atoms with E-state index >= 15 is 0 Å². The number of fused-ring (bicyclic) bond motifs is 10. The summed E-state index contributed by atoms with van der Waals surface area (Å²) in [6.45, 7) is 18.1. The number of nitrogens with one attached hydrogen (secondary N) is 6. The smallest absolute Gasteiger partial charge is 0.343 e. The fraction of sp³-hybridized carbons (Fsp3) is 0.525. The number of alkyl halides is 1. The van der Waals surface area contributed by atoms with E-state index in [4.69, 9.17) is 26.5 Å². The molecule has 0 saturated heterocycles. The van der Waals surface area contributed by atoms with E-state index in [0.717, 1.165) is 37.2 Å². The molecular weight excluding hydrogens is 1490 g/mol. The first kappa shape index (κ1) is 86.6. The summed E-state index contributed by atoms with van der Waals surface area (Å²) in [6, 6.07) is 7.12. The molecule has 4 aromatic heterocycles. The second kappa shape index (κ2) is 38.9. The van der Waals surface area contributed by atoms with Crippen LogP contribution in [0.1, 0.15) is 196 Å². The highest BCUT2D eigenvalue weighted by atomic mass is 32.2. The summed E-state index contributed by atoms with van der Waals surface area (Å²) in [5.74, 6) is -3.40. The molecular formula is C80H102F3N11O16S2. The molecule has 112 heavy (non-hydrogen) atoms. The van der Waals surface area contributed by atoms with Crippen molar-refractivity contribution in [3.05, 3.63) is 124 Å². The number of ether oxygens (including phenoxy) is 2. The molecule has 32 heteroatoms. The monoisotopic (exact) mass is 1590 g/mol. The number of benzene rings is 2. The Hall–Kier alpha value is -9.37. The minimum absolute atomic E-state index is 0.00233. The van der Waals surface area contributed by atoms with Crippen LogP contribution in [0.25, 0.3) is 44.6 Å². The van der Waals surface area contributed by atoms with Crippen LogP contribution >= 0.6 is 23.5 Å². The van der Waals surface area contributed by atoms with Crippen molar-refractivity contribution in [1.82, 2.24) is 51.0 Å². The normalized spacial score (nSPS) is 17.0. The molecule has 0 bridgehead atoms. The lowest BCUT2D eigenvalue weighted by molar-refractivity contribution is -0.172. The fourth-order valence-electron chi connectivity index (χ4n) is 13.6. The van der Waals surface area contributed by atoms with Crippen LogP contribution < -0.4 is 48.8 Å². The van der Waals surface area contributed by atoms with E-state index in [1.54, 1.807) is 105 Å². The average molecular weight is 1600 g/mol. The number of rotatable bonds is 34. The minimum atomic E-state index is -1.98. The molecule has 0 fully saturated rings. The van der Waals surface area contributed by atoms with Crippen molar-refractivity contribution in [2.75, 3.05) is 30.4 Å². The maximum atomic E-state index is 14.8. The van der Waals surface area contributed by atoms with Crippen LogP contribution in [0.2, 0.25) is 0 Å². The van der Waals surface area contributed by atoms with E-state index in [0.29, 0.717) is 103 Å². The first-order valence-electron chi connectivity index (χ1n) is 38.3. The number of nitrogens with zero attached hydrogens (tertiary/aromatic N) is 4. The molecule has 0 spiro atoms. The Kier molecular flexibility index (Phi) is 30.1. The van der Waals surface area contributed by atoms with Crippen LogP contribution in [-0.2, 0) is 108 Å². The van der Waals surface area contributed by atoms with Gasteiger partial charge < -0.3 is 66.5 Å². The maximum Gasteiger partial charge on any atom is 0.343 e. The van der Waals surface area contributed by atoms with E-state index in [1.807, 2.05) is 0 Å². The van der Waals surface area contributed by atoms with Crippen LogP contribution in [0.5, 0.6) is 0 Å². The van der Waals surface area contributed by atoms with Crippen molar-refractivity contribution in [1.29, 1.82) is 0 Å². The fourth-order valence-corrected chi connectivity index (χ4v) is 15.2. The first-order valence-corrected chi connectivity index (χ1v) is 39.9. The van der Waals surface area contributed by atoms with E-state index < -0.39 is 88.9 Å². The Labute approximate surface area is 657 Å². The summed E-state index contributed by atoms with van der Waals surface area (Å²) in [5, 5.41) is 40.6. The highest BCUT2D eigenvalue weighted by Gasteiger charge is 2.47. The lowest BCUT2D eigenvalue weighted by Crippen LogP contribution is -2.46. The summed E-state index contributed by atoms with van der Waals surface area (Å²) in [4.78, 5) is 161. The highest BCUT2D eigenvalue weighted by molar-refractivity contribution is 7.99. The molecule has 6 aromatic rings. The van der Waals surface area contributed by atoms with Gasteiger partial charge in [0, 0.05) is 102 Å². The van der Waals surface area contributed by atoms with Gasteiger partial charge in [-0.25, -0.2) is 28.3 Å². The third kappa shape index (κ3) is 20.2. The number of ketones is 2. The zero-order chi connectivity index (χ0) is 83.1. The van der Waals surface area contributed by atoms with Crippen molar-refractivity contribution in [3.63, 3.8) is 0 Å². The number of halogens is 3. The second-order valence-corrected chi connectivity index (χ2v) is 31.4. The Morgan fingerprint density at radius 1 is 0.571 bits per heavy atom. The molecule has 0 saturated carbocycles. The lowest BCUT2D eigenvalue weighted by atomic mass is 9.86. The van der Waals surface area contributed by atoms with Gasteiger partial charge in [0.25, 0.3) is 11.1 Å². The Morgan fingerprint density at radius 2 is 0.955 bits per heavy atom. The summed E-state index contributed by atoms with van der Waals surface area (Å²) in [6.07, 6.45) is 5.15. The van der Waals surface area contributed by atoms with E-state index in [9.17, 15) is 80.9 Å². The predicted molar refractivity (Wildman–Crippen MR) is 418 cm³/mol. The Morgan fingerprint density at radius 3 is 1.32 bits per heavy atom. The molecule has 6 amide bonds. The molecule has 4 aliphatic rings. The average Bonchev–Trinajstić information content (AvgIpc) is 1.58. The largest absolute Gasteiger partial charge is 0.458 e. The molecule has 27 nitrogen and oxygen atoms in total. The highest BCUT2D eigenvalue weighted by Crippen LogP contribution is 2.43. The number of Topliss-reactive ketones (excluding diaryl/α,β-unsaturated/α-hetero) is 2. The Bertz CT molecular complexity index is 4500. The van der Waals surface area contributed by atoms with Gasteiger partial charge in [-0.2, -0.15) is 0 Å². The van der Waals surface area contributed by atoms with Crippen molar-refractivity contribution in [3.8, 4) is 22.8 Å². The van der Waals surface area contributed by atoms with Crippen LogP contribution in [0.15, 0.2) is 46.0 Å². The number of hydrogen-bond acceptors (Lipinski definition) is 21. The molecule has 10 N–H and O–H groups in total. The molecule has 4 aliphatic heterocycles. The van der Waals surface area contributed by atoms with E-state index in [2.05, 4.69) is 31.9 Å². The van der Waals surface area contributed by atoms with Gasteiger partial charge in [-0.15, -0.1) is 23.5 Å². The van der Waals surface area contributed by atoms with Gasteiger partial charge in [0.05, 0.1) is 96.4 Å². The molecule has 2 aromatic carbocycles. The number of carbonyl (C=O) groups is 10. The van der Waals surface area contributed by atoms with Gasteiger partial charge in [-0.05, 0) is 131 Å². The van der Waals surface area contributed by atoms with Crippen LogP contribution in [-0.4, -0.2) is 137 Å². The maximum absolute atomic E-state index is 14.8. The summed E-state index contributed by atoms with van der Waals surface area (Å²) < 4.78 is 58.4. The van der Waals surface area contributed by atoms with Crippen molar-refractivity contribution < 1.29 is 82.2 Å². The molecule has 10 rings (SSSR count). The number of nitrogens with two attached hydrogens (primary N) is 1. The predicted octanol–water partition coefficient (Wildman–Crippen LogP) is 7.81. The second-order valence-electron chi connectivity index (χ2n) is 29.2. The van der Waals surface area contributed by atoms with E-state index in [-0.39, 0.29) is 147 Å². The quantitative estimate of drug-likeness (QED) is 0.0105. The molecule has 0 radical (unpaired) electrons. The number of aromatic nitrogens is 4. The number of thioether (sulfide) groups is 2. The number of carbonyl (C=O) groups excluding carboxylic acids is 10. The molecule has 0 unspecified atom stereocenters. The number of aryl methyl sites for hydroxylation is 2. The van der Waals surface area contributed by atoms with Crippen LogP contribution in [0, 0.1) is 43.2 Å². The lowest BCUT2D eigenvalue weighted by Gasteiger charge is -2.31. The van der Waals surface area contributed by atoms with Crippen molar-refractivity contribution >= 4 is 104 Å². The number of esters is 2. The SMILES string of the molecule is CC[C@@]1(O)C(=O)OCc2c1cc1n(c2=O)Cc2c-1nc1cc(F)c(C)cc1c2CNC(=O)CCCCCSCNC(=O)[C@H](C)CC(=O)[C@@H](C)NC(=O)C(C)C.CC[C@@]1(O)C(=O)OCc2c1cc1n(c2=O)Cc2c-1nc1cc(F)c(C)cc1c2CNC(=O)CCCCCSCNC(=O)[C@H](C)CC(=O)[C@@H](C)NC(=O)[C@H](C)N.[2H]CF. The molecule has 0 aliphatic carbocycles. The summed E-state index contributed by atoms with van der Waals surface area (Å²) in [7, 11) is -1.00. The van der Waals surface area contributed by atoms with E-state index in [1.165, 1.54) is 40.0 Å². The number of pyridine rings is 4. The molecule has 8 heterocycles. The number of cyclic esters (lactones) is 2. The zero-order valence-electron chi connectivity index (χ0n) is 66.1. The number of aliphatic hydroxyl groups is 2. The van der Waals surface area contributed by atoms with Gasteiger partial charge in [0.2, 0.25) is 35.4 Å². The third-order valence-electron chi connectivity index (χ3n) is 20.7. The van der Waals surface area contributed by atoms with Crippen LogP contribution in [0.4, 0.5) is 13.2 Å².